The lowest BCUT2D eigenvalue weighted by Gasteiger charge is -2.11. The van der Waals surface area contributed by atoms with Crippen molar-refractivity contribution >= 4 is 28.8 Å². The molecule has 2 aromatic carbocycles. The SMILES string of the molecule is O=C(NC[C@H]1CCCO1)c1ccc(CSc2nc3cccnc3n2Cc2ccccc2)cc1. The first kappa shape index (κ1) is 21.7. The smallest absolute Gasteiger partial charge is 0.251 e. The summed E-state index contributed by atoms with van der Waals surface area (Å²) in [7, 11) is 0. The van der Waals surface area contributed by atoms with Crippen molar-refractivity contribution in [1.82, 2.24) is 19.9 Å². The van der Waals surface area contributed by atoms with E-state index in [0.29, 0.717) is 12.1 Å². The Morgan fingerprint density at radius 3 is 2.70 bits per heavy atom. The van der Waals surface area contributed by atoms with Gasteiger partial charge in [-0.3, -0.25) is 9.36 Å². The molecule has 0 saturated carbocycles. The van der Waals surface area contributed by atoms with Crippen molar-refractivity contribution in [2.75, 3.05) is 13.2 Å². The number of pyridine rings is 1. The third-order valence-electron chi connectivity index (χ3n) is 5.75. The first-order chi connectivity index (χ1) is 16.3. The molecule has 1 saturated heterocycles. The fourth-order valence-corrected chi connectivity index (χ4v) is 4.93. The minimum absolute atomic E-state index is 0.0552. The summed E-state index contributed by atoms with van der Waals surface area (Å²) < 4.78 is 7.74. The van der Waals surface area contributed by atoms with Crippen LogP contribution in [0, 0.1) is 0 Å². The van der Waals surface area contributed by atoms with Gasteiger partial charge in [0.1, 0.15) is 5.52 Å². The molecule has 33 heavy (non-hydrogen) atoms. The summed E-state index contributed by atoms with van der Waals surface area (Å²) in [6.45, 7) is 2.09. The molecule has 0 aliphatic carbocycles. The summed E-state index contributed by atoms with van der Waals surface area (Å²) in [5, 5.41) is 3.91. The number of hydrogen-bond donors (Lipinski definition) is 1. The van der Waals surface area contributed by atoms with E-state index in [1.54, 1.807) is 11.8 Å². The number of ether oxygens (including phenoxy) is 1. The fourth-order valence-electron chi connectivity index (χ4n) is 3.97. The van der Waals surface area contributed by atoms with Gasteiger partial charge in [-0.2, -0.15) is 0 Å². The molecule has 5 rings (SSSR count). The van der Waals surface area contributed by atoms with Crippen molar-refractivity contribution in [3.63, 3.8) is 0 Å². The number of imidazole rings is 1. The van der Waals surface area contributed by atoms with Crippen LogP contribution in [0.15, 0.2) is 78.1 Å². The van der Waals surface area contributed by atoms with Gasteiger partial charge in [-0.15, -0.1) is 0 Å². The van der Waals surface area contributed by atoms with E-state index >= 15 is 0 Å². The lowest BCUT2D eigenvalue weighted by Crippen LogP contribution is -2.31. The van der Waals surface area contributed by atoms with E-state index in [-0.39, 0.29) is 12.0 Å². The van der Waals surface area contributed by atoms with Gasteiger partial charge in [-0.25, -0.2) is 9.97 Å². The highest BCUT2D eigenvalue weighted by molar-refractivity contribution is 7.98. The average molecular weight is 459 g/mol. The number of rotatable bonds is 8. The zero-order chi connectivity index (χ0) is 22.5. The molecule has 4 aromatic rings. The summed E-state index contributed by atoms with van der Waals surface area (Å²) in [6, 6.07) is 22.1. The van der Waals surface area contributed by atoms with Crippen LogP contribution in [0.3, 0.4) is 0 Å². The van der Waals surface area contributed by atoms with E-state index in [4.69, 9.17) is 9.72 Å². The van der Waals surface area contributed by atoms with E-state index in [2.05, 4.69) is 27.0 Å². The Morgan fingerprint density at radius 1 is 1.06 bits per heavy atom. The molecule has 0 spiro atoms. The van der Waals surface area contributed by atoms with Gasteiger partial charge in [0.15, 0.2) is 10.8 Å². The second kappa shape index (κ2) is 10.2. The summed E-state index contributed by atoms with van der Waals surface area (Å²) in [4.78, 5) is 21.8. The Morgan fingerprint density at radius 2 is 1.91 bits per heavy atom. The van der Waals surface area contributed by atoms with Gasteiger partial charge in [0, 0.05) is 30.7 Å². The van der Waals surface area contributed by atoms with E-state index in [9.17, 15) is 4.79 Å². The quantitative estimate of drug-likeness (QED) is 0.388. The molecule has 3 heterocycles. The number of hydrogen-bond acceptors (Lipinski definition) is 5. The van der Waals surface area contributed by atoms with E-state index in [0.717, 1.165) is 53.6 Å². The zero-order valence-electron chi connectivity index (χ0n) is 18.3. The first-order valence-corrected chi connectivity index (χ1v) is 12.2. The van der Waals surface area contributed by atoms with Gasteiger partial charge in [0.25, 0.3) is 5.91 Å². The van der Waals surface area contributed by atoms with Crippen molar-refractivity contribution in [3.05, 3.63) is 89.6 Å². The number of nitrogens with zero attached hydrogens (tertiary/aromatic N) is 3. The van der Waals surface area contributed by atoms with E-state index in [1.165, 1.54) is 5.56 Å². The topological polar surface area (TPSA) is 69.0 Å². The van der Waals surface area contributed by atoms with E-state index in [1.807, 2.05) is 60.8 Å². The maximum Gasteiger partial charge on any atom is 0.251 e. The fraction of sp³-hybridized carbons (Fsp3) is 0.269. The molecule has 0 unspecified atom stereocenters. The van der Waals surface area contributed by atoms with Gasteiger partial charge in [-0.05, 0) is 48.2 Å². The molecule has 0 radical (unpaired) electrons. The standard InChI is InChI=1S/C26H26N4O2S/c31-25(28-16-22-8-5-15-32-22)21-12-10-20(11-13-21)18-33-26-29-23-9-4-14-27-24(23)30(26)17-19-6-2-1-3-7-19/h1-4,6-7,9-14,22H,5,8,15-18H2,(H,28,31)/t22-/m1/s1. The van der Waals surface area contributed by atoms with Crippen molar-refractivity contribution in [1.29, 1.82) is 0 Å². The van der Waals surface area contributed by atoms with Crippen LogP contribution in [0.25, 0.3) is 11.2 Å². The van der Waals surface area contributed by atoms with Crippen LogP contribution in [0.1, 0.15) is 34.3 Å². The highest BCUT2D eigenvalue weighted by Crippen LogP contribution is 2.27. The number of amides is 1. The largest absolute Gasteiger partial charge is 0.376 e. The van der Waals surface area contributed by atoms with Crippen molar-refractivity contribution in [2.45, 2.75) is 36.4 Å². The molecule has 1 amide bonds. The molecule has 7 heteroatoms. The second-order valence-electron chi connectivity index (χ2n) is 8.14. The minimum Gasteiger partial charge on any atom is -0.376 e. The number of fused-ring (bicyclic) bond motifs is 1. The number of nitrogens with one attached hydrogen (secondary N) is 1. The first-order valence-electron chi connectivity index (χ1n) is 11.2. The van der Waals surface area contributed by atoms with Crippen molar-refractivity contribution in [2.24, 2.45) is 0 Å². The Hall–Kier alpha value is -3.16. The minimum atomic E-state index is -0.0552. The Bertz CT molecular complexity index is 1220. The molecular weight excluding hydrogens is 432 g/mol. The van der Waals surface area contributed by atoms with Crippen LogP contribution in [0.4, 0.5) is 0 Å². The molecular formula is C26H26N4O2S. The van der Waals surface area contributed by atoms with Crippen LogP contribution in [-0.2, 0) is 17.0 Å². The Balaban J connectivity index is 1.25. The third kappa shape index (κ3) is 5.26. The maximum absolute atomic E-state index is 12.4. The van der Waals surface area contributed by atoms with Crippen LogP contribution < -0.4 is 5.32 Å². The lowest BCUT2D eigenvalue weighted by atomic mass is 10.1. The molecule has 1 fully saturated rings. The molecule has 0 bridgehead atoms. The molecule has 1 atom stereocenters. The van der Waals surface area contributed by atoms with Gasteiger partial charge >= 0.3 is 0 Å². The molecule has 168 valence electrons. The highest BCUT2D eigenvalue weighted by Gasteiger charge is 2.17. The number of aromatic nitrogens is 3. The third-order valence-corrected chi connectivity index (χ3v) is 6.80. The molecule has 6 nitrogen and oxygen atoms in total. The van der Waals surface area contributed by atoms with Crippen LogP contribution in [-0.4, -0.2) is 39.7 Å². The number of thioether (sulfide) groups is 1. The van der Waals surface area contributed by atoms with Crippen LogP contribution in [0.2, 0.25) is 0 Å². The van der Waals surface area contributed by atoms with Gasteiger partial charge in [-0.1, -0.05) is 54.2 Å². The normalized spacial score (nSPS) is 15.7. The summed E-state index contributed by atoms with van der Waals surface area (Å²) in [5.74, 6) is 0.705. The number of carbonyl (C=O) groups is 1. The monoisotopic (exact) mass is 458 g/mol. The Kier molecular flexibility index (Phi) is 6.69. The van der Waals surface area contributed by atoms with E-state index < -0.39 is 0 Å². The predicted octanol–water partition coefficient (Wildman–Crippen LogP) is 4.68. The molecule has 1 aliphatic rings. The molecule has 2 aromatic heterocycles. The number of carbonyl (C=O) groups excluding carboxylic acids is 1. The molecule has 1 N–H and O–H groups in total. The summed E-state index contributed by atoms with van der Waals surface area (Å²) in [5.41, 5.74) is 4.81. The zero-order valence-corrected chi connectivity index (χ0v) is 19.1. The van der Waals surface area contributed by atoms with Gasteiger partial charge in [0.2, 0.25) is 0 Å². The summed E-state index contributed by atoms with van der Waals surface area (Å²) >= 11 is 1.68. The lowest BCUT2D eigenvalue weighted by molar-refractivity contribution is 0.0858. The summed E-state index contributed by atoms with van der Waals surface area (Å²) in [6.07, 6.45) is 4.04. The average Bonchev–Trinajstić information content (AvgIpc) is 3.50. The highest BCUT2D eigenvalue weighted by atomic mass is 32.2. The maximum atomic E-state index is 12.4. The number of benzene rings is 2. The van der Waals surface area contributed by atoms with Gasteiger partial charge < -0.3 is 10.1 Å². The second-order valence-corrected chi connectivity index (χ2v) is 9.09. The van der Waals surface area contributed by atoms with Crippen molar-refractivity contribution < 1.29 is 9.53 Å². The predicted molar refractivity (Wildman–Crippen MR) is 130 cm³/mol. The molecule has 1 aliphatic heterocycles. The van der Waals surface area contributed by atoms with Crippen LogP contribution in [0.5, 0.6) is 0 Å². The Labute approximate surface area is 197 Å². The van der Waals surface area contributed by atoms with Gasteiger partial charge in [0.05, 0.1) is 12.6 Å². The van der Waals surface area contributed by atoms with Crippen LogP contribution >= 0.6 is 11.8 Å². The van der Waals surface area contributed by atoms with Crippen molar-refractivity contribution in [3.8, 4) is 0 Å².